The second-order valence-electron chi connectivity index (χ2n) is 4.25. The van der Waals surface area contributed by atoms with Gasteiger partial charge in [0.25, 0.3) is 5.91 Å². The van der Waals surface area contributed by atoms with Crippen molar-refractivity contribution < 1.29 is 13.6 Å². The third-order valence-corrected chi connectivity index (χ3v) is 2.56. The Hall–Kier alpha value is -2.57. The van der Waals surface area contributed by atoms with E-state index in [1.165, 1.54) is 0 Å². The highest BCUT2D eigenvalue weighted by molar-refractivity contribution is 6.04. The van der Waals surface area contributed by atoms with E-state index in [-0.39, 0.29) is 11.6 Å². The second-order valence-corrected chi connectivity index (χ2v) is 4.25. The van der Waals surface area contributed by atoms with E-state index in [9.17, 15) is 13.6 Å². The highest BCUT2D eigenvalue weighted by Crippen LogP contribution is 2.19. The molecule has 0 radical (unpaired) electrons. The van der Waals surface area contributed by atoms with Crippen molar-refractivity contribution in [2.75, 3.05) is 11.1 Å². The maximum atomic E-state index is 13.7. The molecule has 0 saturated carbocycles. The van der Waals surface area contributed by atoms with E-state index in [0.29, 0.717) is 11.4 Å². The Morgan fingerprint density at radius 3 is 2.40 bits per heavy atom. The summed E-state index contributed by atoms with van der Waals surface area (Å²) in [6, 6.07) is 3.68. The number of nitrogens with two attached hydrogens (primary N) is 1. The third kappa shape index (κ3) is 2.71. The molecule has 1 heterocycles. The molecule has 0 aliphatic carbocycles. The van der Waals surface area contributed by atoms with Crippen LogP contribution in [0.5, 0.6) is 0 Å². The van der Waals surface area contributed by atoms with Crippen molar-refractivity contribution in [2.24, 2.45) is 0 Å². The molecular weight excluding hydrogens is 266 g/mol. The highest BCUT2D eigenvalue weighted by Gasteiger charge is 2.20. The fraction of sp³-hybridized carbons (Fsp3) is 0.154. The molecule has 2 aromatic rings. The van der Waals surface area contributed by atoms with Gasteiger partial charge in [0.1, 0.15) is 11.4 Å². The Morgan fingerprint density at radius 1 is 1.20 bits per heavy atom. The number of rotatable bonds is 2. The number of hydrogen-bond donors (Lipinski definition) is 2. The summed E-state index contributed by atoms with van der Waals surface area (Å²) >= 11 is 0. The fourth-order valence-corrected chi connectivity index (χ4v) is 1.72. The SMILES string of the molecule is Cc1cc(C)nc(NC(=O)c2c(F)ccc(N)c2F)n1. The van der Waals surface area contributed by atoms with E-state index < -0.39 is 23.1 Å². The molecule has 2 rings (SSSR count). The highest BCUT2D eigenvalue weighted by atomic mass is 19.1. The van der Waals surface area contributed by atoms with Crippen LogP contribution in [0.25, 0.3) is 0 Å². The lowest BCUT2D eigenvalue weighted by Gasteiger charge is -2.08. The van der Waals surface area contributed by atoms with Crippen LogP contribution in [0.2, 0.25) is 0 Å². The number of hydrogen-bond acceptors (Lipinski definition) is 4. The first kappa shape index (κ1) is 13.9. The smallest absolute Gasteiger partial charge is 0.264 e. The molecule has 7 heteroatoms. The normalized spacial score (nSPS) is 10.4. The van der Waals surface area contributed by atoms with Crippen LogP contribution in [0.1, 0.15) is 21.7 Å². The van der Waals surface area contributed by atoms with Crippen molar-refractivity contribution >= 4 is 17.5 Å². The number of carbonyl (C=O) groups is 1. The maximum Gasteiger partial charge on any atom is 0.264 e. The van der Waals surface area contributed by atoms with Gasteiger partial charge in [0, 0.05) is 11.4 Å². The van der Waals surface area contributed by atoms with Crippen LogP contribution < -0.4 is 11.1 Å². The minimum absolute atomic E-state index is 0.0197. The molecule has 3 N–H and O–H groups in total. The van der Waals surface area contributed by atoms with Gasteiger partial charge in [-0.25, -0.2) is 18.7 Å². The van der Waals surface area contributed by atoms with Gasteiger partial charge < -0.3 is 5.73 Å². The molecule has 1 amide bonds. The van der Waals surface area contributed by atoms with Crippen LogP contribution in [0.15, 0.2) is 18.2 Å². The van der Waals surface area contributed by atoms with Gasteiger partial charge >= 0.3 is 0 Å². The molecule has 0 unspecified atom stereocenters. The first-order valence-electron chi connectivity index (χ1n) is 5.75. The summed E-state index contributed by atoms with van der Waals surface area (Å²) in [4.78, 5) is 19.8. The molecular formula is C13H12F2N4O. The van der Waals surface area contributed by atoms with Crippen molar-refractivity contribution in [2.45, 2.75) is 13.8 Å². The van der Waals surface area contributed by atoms with E-state index in [4.69, 9.17) is 5.73 Å². The summed E-state index contributed by atoms with van der Waals surface area (Å²) < 4.78 is 27.3. The summed E-state index contributed by atoms with van der Waals surface area (Å²) in [5.74, 6) is -3.11. The minimum Gasteiger partial charge on any atom is -0.396 e. The van der Waals surface area contributed by atoms with E-state index >= 15 is 0 Å². The van der Waals surface area contributed by atoms with Gasteiger partial charge in [-0.1, -0.05) is 0 Å². The van der Waals surface area contributed by atoms with Crippen molar-refractivity contribution in [1.82, 2.24) is 9.97 Å². The predicted molar refractivity (Wildman–Crippen MR) is 70.2 cm³/mol. The molecule has 0 aliphatic heterocycles. The van der Waals surface area contributed by atoms with Crippen LogP contribution in [0, 0.1) is 25.5 Å². The monoisotopic (exact) mass is 278 g/mol. The lowest BCUT2D eigenvalue weighted by molar-refractivity contribution is 0.101. The minimum atomic E-state index is -1.10. The summed E-state index contributed by atoms with van der Waals surface area (Å²) in [5, 5.41) is 2.25. The molecule has 0 spiro atoms. The van der Waals surface area contributed by atoms with E-state index in [1.807, 2.05) is 0 Å². The molecule has 0 saturated heterocycles. The second kappa shape index (κ2) is 5.20. The lowest BCUT2D eigenvalue weighted by atomic mass is 10.1. The molecule has 0 atom stereocenters. The van der Waals surface area contributed by atoms with Crippen LogP contribution in [0.4, 0.5) is 20.4 Å². The largest absolute Gasteiger partial charge is 0.396 e. The Bertz CT molecular complexity index is 668. The third-order valence-electron chi connectivity index (χ3n) is 2.56. The molecule has 20 heavy (non-hydrogen) atoms. The predicted octanol–water partition coefficient (Wildman–Crippen LogP) is 2.21. The summed E-state index contributed by atoms with van der Waals surface area (Å²) in [6.45, 7) is 3.43. The van der Waals surface area contributed by atoms with Crippen molar-refractivity contribution in [3.63, 3.8) is 0 Å². The Labute approximate surface area is 113 Å². The molecule has 1 aromatic heterocycles. The summed E-state index contributed by atoms with van der Waals surface area (Å²) in [5.41, 5.74) is 5.50. The number of benzene rings is 1. The number of halogens is 2. The number of nitrogen functional groups attached to an aromatic ring is 1. The summed E-state index contributed by atoms with van der Waals surface area (Å²) in [6.07, 6.45) is 0. The molecule has 0 fully saturated rings. The molecule has 1 aromatic carbocycles. The number of anilines is 2. The van der Waals surface area contributed by atoms with Gasteiger partial charge in [0.15, 0.2) is 5.82 Å². The zero-order chi connectivity index (χ0) is 14.9. The molecule has 0 bridgehead atoms. The van der Waals surface area contributed by atoms with Gasteiger partial charge in [-0.05, 0) is 32.0 Å². The lowest BCUT2D eigenvalue weighted by Crippen LogP contribution is -2.18. The standard InChI is InChI=1S/C13H12F2N4O/c1-6-5-7(2)18-13(17-6)19-12(20)10-8(14)3-4-9(16)11(10)15/h3-5H,16H2,1-2H3,(H,17,18,19,20). The number of nitrogens with zero attached hydrogens (tertiary/aromatic N) is 2. The summed E-state index contributed by atoms with van der Waals surface area (Å²) in [7, 11) is 0. The van der Waals surface area contributed by atoms with Crippen LogP contribution in [-0.2, 0) is 0 Å². The Balaban J connectivity index is 2.35. The van der Waals surface area contributed by atoms with Crippen LogP contribution in [-0.4, -0.2) is 15.9 Å². The van der Waals surface area contributed by atoms with Crippen molar-refractivity contribution in [1.29, 1.82) is 0 Å². The van der Waals surface area contributed by atoms with Gasteiger partial charge in [-0.2, -0.15) is 0 Å². The van der Waals surface area contributed by atoms with Gasteiger partial charge in [-0.15, -0.1) is 0 Å². The first-order chi connectivity index (χ1) is 9.38. The van der Waals surface area contributed by atoms with E-state index in [1.54, 1.807) is 19.9 Å². The Morgan fingerprint density at radius 2 is 1.80 bits per heavy atom. The topological polar surface area (TPSA) is 80.9 Å². The number of nitrogens with one attached hydrogen (secondary N) is 1. The Kier molecular flexibility index (Phi) is 3.60. The van der Waals surface area contributed by atoms with Crippen LogP contribution in [0.3, 0.4) is 0 Å². The zero-order valence-electron chi connectivity index (χ0n) is 10.9. The average molecular weight is 278 g/mol. The fourth-order valence-electron chi connectivity index (χ4n) is 1.72. The number of aromatic nitrogens is 2. The van der Waals surface area contributed by atoms with Gasteiger partial charge in [0.05, 0.1) is 5.69 Å². The average Bonchev–Trinajstić information content (AvgIpc) is 2.33. The molecule has 104 valence electrons. The number of aryl methyl sites for hydroxylation is 2. The van der Waals surface area contributed by atoms with Crippen molar-refractivity contribution in [3.05, 3.63) is 46.8 Å². The van der Waals surface area contributed by atoms with Gasteiger partial charge in [-0.3, -0.25) is 10.1 Å². The van der Waals surface area contributed by atoms with Gasteiger partial charge in [0.2, 0.25) is 5.95 Å². The quantitative estimate of drug-likeness (QED) is 0.825. The molecule has 0 aliphatic rings. The van der Waals surface area contributed by atoms with Crippen molar-refractivity contribution in [3.8, 4) is 0 Å². The number of carbonyl (C=O) groups excluding carboxylic acids is 1. The van der Waals surface area contributed by atoms with E-state index in [2.05, 4.69) is 15.3 Å². The molecule has 5 nitrogen and oxygen atoms in total. The maximum absolute atomic E-state index is 13.7. The van der Waals surface area contributed by atoms with Crippen LogP contribution >= 0.6 is 0 Å². The number of amides is 1. The van der Waals surface area contributed by atoms with E-state index in [0.717, 1.165) is 12.1 Å². The first-order valence-corrected chi connectivity index (χ1v) is 5.75. The zero-order valence-corrected chi connectivity index (χ0v) is 10.9.